The van der Waals surface area contributed by atoms with Crippen LogP contribution in [0.4, 0.5) is 17.1 Å². The van der Waals surface area contributed by atoms with Crippen molar-refractivity contribution in [1.82, 2.24) is 5.01 Å². The van der Waals surface area contributed by atoms with E-state index < -0.39 is 56.2 Å². The molecule has 13 heteroatoms. The first-order valence-electron chi connectivity index (χ1n) is 9.28. The Morgan fingerprint density at radius 3 is 2.03 bits per heavy atom. The lowest BCUT2D eigenvalue weighted by molar-refractivity contribution is -0.394. The third-order valence-electron chi connectivity index (χ3n) is 4.69. The molecule has 0 aliphatic carbocycles. The van der Waals surface area contributed by atoms with Gasteiger partial charge >= 0.3 is 0 Å². The molecule has 2 aromatic rings. The van der Waals surface area contributed by atoms with Gasteiger partial charge in [-0.05, 0) is 26.0 Å². The van der Waals surface area contributed by atoms with Crippen molar-refractivity contribution in [3.8, 4) is 0 Å². The summed E-state index contributed by atoms with van der Waals surface area (Å²) in [6, 6.07) is 8.66. The van der Waals surface area contributed by atoms with Gasteiger partial charge in [-0.2, -0.15) is 10.1 Å². The van der Waals surface area contributed by atoms with Gasteiger partial charge in [0.25, 0.3) is 29.1 Å². The molecule has 0 saturated carbocycles. The number of carbonyl (C=O) groups is 4. The maximum absolute atomic E-state index is 12.8. The molecule has 0 spiro atoms. The van der Waals surface area contributed by atoms with Gasteiger partial charge in [0.2, 0.25) is 5.78 Å². The van der Waals surface area contributed by atoms with Crippen molar-refractivity contribution in [3.05, 3.63) is 73.8 Å². The number of anilines is 1. The highest BCUT2D eigenvalue weighted by Crippen LogP contribution is 2.26. The van der Waals surface area contributed by atoms with Crippen molar-refractivity contribution in [1.29, 1.82) is 0 Å². The predicted molar refractivity (Wildman–Crippen MR) is 112 cm³/mol. The Balaban J connectivity index is 1.84. The number of imide groups is 1. The van der Waals surface area contributed by atoms with E-state index in [2.05, 4.69) is 10.4 Å². The number of nitrogens with one attached hydrogen (secondary N) is 1. The third kappa shape index (κ3) is 4.61. The second-order valence-electron chi connectivity index (χ2n) is 7.07. The minimum atomic E-state index is -1.69. The molecule has 0 aromatic heterocycles. The van der Waals surface area contributed by atoms with Gasteiger partial charge < -0.3 is 5.32 Å². The molecule has 3 rings (SSSR count). The fraction of sp³-hybridized carbons (Fsp3) is 0.150. The Kier molecular flexibility index (Phi) is 6.06. The average molecular weight is 453 g/mol. The fourth-order valence-electron chi connectivity index (χ4n) is 3.03. The zero-order chi connectivity index (χ0) is 24.4. The van der Waals surface area contributed by atoms with Crippen LogP contribution < -0.4 is 5.32 Å². The molecule has 13 nitrogen and oxygen atoms in total. The number of aryl methyl sites for hydroxylation is 1. The molecule has 168 valence electrons. The number of carbonyl (C=O) groups excluding carboxylic acids is 4. The van der Waals surface area contributed by atoms with Crippen LogP contribution in [0.25, 0.3) is 0 Å². The van der Waals surface area contributed by atoms with E-state index in [0.717, 1.165) is 17.7 Å². The fourth-order valence-corrected chi connectivity index (χ4v) is 3.03. The monoisotopic (exact) mass is 453 g/mol. The van der Waals surface area contributed by atoms with Crippen molar-refractivity contribution >= 4 is 46.3 Å². The Morgan fingerprint density at radius 2 is 1.52 bits per heavy atom. The van der Waals surface area contributed by atoms with Crippen molar-refractivity contribution < 1.29 is 29.0 Å². The second-order valence-corrected chi connectivity index (χ2v) is 7.07. The van der Waals surface area contributed by atoms with Crippen LogP contribution >= 0.6 is 0 Å². The van der Waals surface area contributed by atoms with Crippen LogP contribution in [0.15, 0.2) is 47.6 Å². The normalized spacial score (nSPS) is 15.1. The Bertz CT molecular complexity index is 1220. The Morgan fingerprint density at radius 1 is 0.970 bits per heavy atom. The van der Waals surface area contributed by atoms with E-state index >= 15 is 0 Å². The highest BCUT2D eigenvalue weighted by atomic mass is 16.6. The Hall–Kier alpha value is -4.81. The zero-order valence-electron chi connectivity index (χ0n) is 17.2. The Labute approximate surface area is 185 Å². The molecule has 1 heterocycles. The molecule has 1 atom stereocenters. The largest absolute Gasteiger partial charge is 0.319 e. The molecule has 0 bridgehead atoms. The predicted octanol–water partition coefficient (Wildman–Crippen LogP) is 1.99. The van der Waals surface area contributed by atoms with Gasteiger partial charge in [-0.1, -0.05) is 17.7 Å². The molecule has 2 aromatic carbocycles. The molecule has 0 saturated heterocycles. The van der Waals surface area contributed by atoms with Crippen LogP contribution in [0, 0.1) is 33.1 Å². The van der Waals surface area contributed by atoms with Crippen LogP contribution in [-0.2, 0) is 14.4 Å². The lowest BCUT2D eigenvalue weighted by Crippen LogP contribution is -2.40. The molecule has 1 aliphatic heterocycles. The number of Topliss-reactive ketones (excluding diaryl/α,β-unsaturated/α-hetero) is 1. The topological polar surface area (TPSA) is 182 Å². The van der Waals surface area contributed by atoms with Gasteiger partial charge in [0.15, 0.2) is 0 Å². The van der Waals surface area contributed by atoms with E-state index in [1.165, 1.54) is 6.92 Å². The van der Waals surface area contributed by atoms with Gasteiger partial charge in [0.05, 0.1) is 27.2 Å². The minimum absolute atomic E-state index is 0.155. The molecule has 1 aliphatic rings. The van der Waals surface area contributed by atoms with Gasteiger partial charge in [-0.25, -0.2) is 0 Å². The summed E-state index contributed by atoms with van der Waals surface area (Å²) in [5.41, 5.74) is -0.968. The van der Waals surface area contributed by atoms with E-state index in [0.29, 0.717) is 11.8 Å². The number of nitrogens with zero attached hydrogens (tertiary/aromatic N) is 4. The number of hydrazone groups is 1. The number of nitro groups is 2. The van der Waals surface area contributed by atoms with E-state index in [4.69, 9.17) is 0 Å². The molecule has 0 radical (unpaired) electrons. The highest BCUT2D eigenvalue weighted by Gasteiger charge is 2.44. The number of nitro benzene ring substituents is 2. The molecular weight excluding hydrogens is 438 g/mol. The number of benzene rings is 2. The summed E-state index contributed by atoms with van der Waals surface area (Å²) in [5.74, 6) is -6.33. The van der Waals surface area contributed by atoms with Gasteiger partial charge in [0.1, 0.15) is 5.92 Å². The zero-order valence-corrected chi connectivity index (χ0v) is 17.2. The van der Waals surface area contributed by atoms with E-state index in [-0.39, 0.29) is 10.7 Å². The van der Waals surface area contributed by atoms with Crippen LogP contribution in [0.3, 0.4) is 0 Å². The molecular formula is C20H15N5O8. The summed E-state index contributed by atoms with van der Waals surface area (Å²) in [6.45, 7) is 3.08. The molecule has 3 amide bonds. The lowest BCUT2D eigenvalue weighted by Gasteiger charge is -2.12. The summed E-state index contributed by atoms with van der Waals surface area (Å²) in [4.78, 5) is 70.6. The third-order valence-corrected chi connectivity index (χ3v) is 4.69. The SMILES string of the molecule is CC1=NN(C(=O)c2cc([N+](=O)[O-])cc([N+](=O)[O-])c2)C(=O)[C@@H]1C(=O)C(=O)Nc1ccc(C)cc1. The first-order chi connectivity index (χ1) is 15.5. The van der Waals surface area contributed by atoms with Gasteiger partial charge in [-0.3, -0.25) is 39.4 Å². The van der Waals surface area contributed by atoms with Crippen LogP contribution in [-0.4, -0.2) is 44.1 Å². The van der Waals surface area contributed by atoms with Crippen molar-refractivity contribution in [2.24, 2.45) is 11.0 Å². The number of hydrogen-bond donors (Lipinski definition) is 1. The number of hydrogen-bond acceptors (Lipinski definition) is 9. The van der Waals surface area contributed by atoms with E-state index in [1.54, 1.807) is 24.3 Å². The van der Waals surface area contributed by atoms with Crippen molar-refractivity contribution in [2.75, 3.05) is 5.32 Å². The molecule has 1 N–H and O–H groups in total. The maximum atomic E-state index is 12.8. The summed E-state index contributed by atoms with van der Waals surface area (Å²) in [5, 5.41) is 28.4. The first-order valence-corrected chi connectivity index (χ1v) is 9.28. The van der Waals surface area contributed by atoms with Gasteiger partial charge in [0, 0.05) is 17.8 Å². The second kappa shape index (κ2) is 8.74. The number of amides is 3. The summed E-state index contributed by atoms with van der Waals surface area (Å²) in [7, 11) is 0. The standard InChI is InChI=1S/C20H15N5O8/c1-10-3-5-13(6-4-10)21-18(27)17(26)16-11(2)22-23(20(16)29)19(28)12-7-14(24(30)31)9-15(8-12)25(32)33/h3-9,16H,1-2H3,(H,21,27)/t16-/m0/s1. The van der Waals surface area contributed by atoms with Crippen LogP contribution in [0.5, 0.6) is 0 Å². The first kappa shape index (κ1) is 22.9. The molecule has 0 fully saturated rings. The summed E-state index contributed by atoms with van der Waals surface area (Å²) < 4.78 is 0. The van der Waals surface area contributed by atoms with Crippen molar-refractivity contribution in [3.63, 3.8) is 0 Å². The van der Waals surface area contributed by atoms with Crippen LogP contribution in [0.1, 0.15) is 22.8 Å². The molecule has 33 heavy (non-hydrogen) atoms. The maximum Gasteiger partial charge on any atom is 0.293 e. The highest BCUT2D eigenvalue weighted by molar-refractivity contribution is 6.49. The summed E-state index contributed by atoms with van der Waals surface area (Å²) in [6.07, 6.45) is 0. The summed E-state index contributed by atoms with van der Waals surface area (Å²) >= 11 is 0. The average Bonchev–Trinajstić information content (AvgIpc) is 3.07. The number of non-ortho nitro benzene ring substituents is 2. The van der Waals surface area contributed by atoms with E-state index in [1.807, 2.05) is 6.92 Å². The van der Waals surface area contributed by atoms with E-state index in [9.17, 15) is 39.4 Å². The lowest BCUT2D eigenvalue weighted by atomic mass is 9.98. The number of rotatable bonds is 6. The van der Waals surface area contributed by atoms with Crippen molar-refractivity contribution in [2.45, 2.75) is 13.8 Å². The smallest absolute Gasteiger partial charge is 0.293 e. The van der Waals surface area contributed by atoms with Crippen LogP contribution in [0.2, 0.25) is 0 Å². The molecule has 0 unspecified atom stereocenters. The van der Waals surface area contributed by atoms with Gasteiger partial charge in [-0.15, -0.1) is 0 Å². The quantitative estimate of drug-likeness (QED) is 0.226. The minimum Gasteiger partial charge on any atom is -0.319 e. The number of ketones is 1.